The molecule has 0 saturated carbocycles. The highest BCUT2D eigenvalue weighted by atomic mass is 16.4. The molecule has 0 fully saturated rings. The first-order chi connectivity index (χ1) is 7.31. The highest BCUT2D eigenvalue weighted by Gasteiger charge is 2.34. The zero-order chi connectivity index (χ0) is 12.9. The van der Waals surface area contributed by atoms with Gasteiger partial charge in [0.1, 0.15) is 18.3 Å². The Kier molecular flexibility index (Phi) is 6.08. The second-order valence-electron chi connectivity index (χ2n) is 3.22. The Hall–Kier alpha value is -1.06. The van der Waals surface area contributed by atoms with Gasteiger partial charge in [-0.15, -0.1) is 0 Å². The smallest absolute Gasteiger partial charge is 0.258 e. The lowest BCUT2D eigenvalue weighted by Gasteiger charge is -2.24. The molecular formula is C8H15NO7. The third kappa shape index (κ3) is 4.21. The Labute approximate surface area is 91.1 Å². The molecule has 0 aliphatic heterocycles. The van der Waals surface area contributed by atoms with E-state index in [9.17, 15) is 19.8 Å². The van der Waals surface area contributed by atoms with Gasteiger partial charge in [0.25, 0.3) is 5.91 Å². The molecule has 0 spiro atoms. The molecule has 0 saturated heterocycles. The van der Waals surface area contributed by atoms with Crippen molar-refractivity contribution in [1.29, 1.82) is 0 Å². The van der Waals surface area contributed by atoms with E-state index in [1.54, 1.807) is 5.32 Å². The van der Waals surface area contributed by atoms with E-state index in [1.165, 1.54) is 0 Å². The molecule has 8 heteroatoms. The molecule has 0 aliphatic rings. The summed E-state index contributed by atoms with van der Waals surface area (Å²) in [4.78, 5) is 21.5. The maximum absolute atomic E-state index is 11.0. The average molecular weight is 237 g/mol. The number of hydrogen-bond acceptors (Lipinski definition) is 7. The van der Waals surface area contributed by atoms with E-state index >= 15 is 0 Å². The Bertz CT molecular complexity index is 257. The summed E-state index contributed by atoms with van der Waals surface area (Å²) in [6, 6.07) is 0. The number of aliphatic hydroxyl groups is 5. The third-order valence-corrected chi connectivity index (χ3v) is 1.82. The monoisotopic (exact) mass is 237 g/mol. The maximum atomic E-state index is 11.0. The van der Waals surface area contributed by atoms with Crippen LogP contribution >= 0.6 is 0 Å². The molecule has 8 nitrogen and oxygen atoms in total. The molecule has 0 bridgehead atoms. The maximum Gasteiger partial charge on any atom is 0.258 e. The van der Waals surface area contributed by atoms with Crippen LogP contribution in [0.15, 0.2) is 0 Å². The average Bonchev–Trinajstić information content (AvgIpc) is 2.23. The summed E-state index contributed by atoms with van der Waals surface area (Å²) in [5.41, 5.74) is 0. The van der Waals surface area contributed by atoms with Gasteiger partial charge in [-0.05, 0) is 0 Å². The number of aliphatic hydroxyl groups excluding tert-OH is 5. The zero-order valence-corrected chi connectivity index (χ0v) is 8.57. The second kappa shape index (κ2) is 6.51. The standard InChI is InChI=1S/C8H15NO7/c1-3(11)9-8(16)7(15)6(14)5(13)4(12)2-10/h4-7,10,12-15H,2H2,1H3,(H,9,11,16). The normalized spacial score (nSPS) is 18.4. The molecule has 0 aromatic rings. The number of amides is 2. The Balaban J connectivity index is 4.42. The number of carbonyl (C=O) groups excluding carboxylic acids is 2. The van der Waals surface area contributed by atoms with Gasteiger partial charge in [-0.25, -0.2) is 0 Å². The minimum absolute atomic E-state index is 0.742. The summed E-state index contributed by atoms with van der Waals surface area (Å²) < 4.78 is 0. The summed E-state index contributed by atoms with van der Waals surface area (Å²) in [6.07, 6.45) is -7.70. The van der Waals surface area contributed by atoms with Crippen molar-refractivity contribution in [3.05, 3.63) is 0 Å². The first-order valence-corrected chi connectivity index (χ1v) is 4.45. The summed E-state index contributed by atoms with van der Waals surface area (Å²) in [7, 11) is 0. The van der Waals surface area contributed by atoms with Crippen LogP contribution < -0.4 is 5.32 Å². The number of carbonyl (C=O) groups is 2. The van der Waals surface area contributed by atoms with Crippen LogP contribution in [0.3, 0.4) is 0 Å². The molecule has 0 aromatic carbocycles. The van der Waals surface area contributed by atoms with Crippen LogP contribution in [0.5, 0.6) is 0 Å². The second-order valence-corrected chi connectivity index (χ2v) is 3.22. The van der Waals surface area contributed by atoms with Crippen molar-refractivity contribution in [1.82, 2.24) is 5.32 Å². The summed E-state index contributed by atoms with van der Waals surface area (Å²) in [5, 5.41) is 46.7. The quantitative estimate of drug-likeness (QED) is 0.286. The SMILES string of the molecule is CC(=O)NC(=O)C(O)C(O)C(O)C(O)CO. The first-order valence-electron chi connectivity index (χ1n) is 4.45. The molecule has 0 aliphatic carbocycles. The van der Waals surface area contributed by atoms with Crippen LogP contribution in [0, 0.1) is 0 Å². The van der Waals surface area contributed by atoms with Gasteiger partial charge in [-0.1, -0.05) is 0 Å². The van der Waals surface area contributed by atoms with E-state index in [1.807, 2.05) is 0 Å². The van der Waals surface area contributed by atoms with Crippen LogP contribution in [0.2, 0.25) is 0 Å². The molecule has 4 unspecified atom stereocenters. The van der Waals surface area contributed by atoms with E-state index in [-0.39, 0.29) is 0 Å². The number of imide groups is 1. The van der Waals surface area contributed by atoms with Crippen molar-refractivity contribution >= 4 is 11.8 Å². The van der Waals surface area contributed by atoms with Crippen molar-refractivity contribution < 1.29 is 35.1 Å². The van der Waals surface area contributed by atoms with E-state index in [0.29, 0.717) is 0 Å². The number of rotatable bonds is 5. The van der Waals surface area contributed by atoms with Gasteiger partial charge in [0.15, 0.2) is 6.10 Å². The molecule has 6 N–H and O–H groups in total. The Morgan fingerprint density at radius 2 is 1.62 bits per heavy atom. The Morgan fingerprint density at radius 3 is 2.00 bits per heavy atom. The lowest BCUT2D eigenvalue weighted by molar-refractivity contribution is -0.150. The fourth-order valence-corrected chi connectivity index (χ4v) is 0.925. The number of nitrogens with one attached hydrogen (secondary N) is 1. The molecule has 0 heterocycles. The van der Waals surface area contributed by atoms with Gasteiger partial charge >= 0.3 is 0 Å². The van der Waals surface area contributed by atoms with Gasteiger partial charge in [0, 0.05) is 6.92 Å². The van der Waals surface area contributed by atoms with Crippen LogP contribution in [-0.2, 0) is 9.59 Å². The minimum Gasteiger partial charge on any atom is -0.394 e. The molecule has 0 aromatic heterocycles. The van der Waals surface area contributed by atoms with Crippen molar-refractivity contribution in [3.8, 4) is 0 Å². The van der Waals surface area contributed by atoms with Crippen molar-refractivity contribution in [3.63, 3.8) is 0 Å². The highest BCUT2D eigenvalue weighted by molar-refractivity contribution is 5.96. The lowest BCUT2D eigenvalue weighted by Crippen LogP contribution is -2.52. The Morgan fingerprint density at radius 1 is 1.12 bits per heavy atom. The third-order valence-electron chi connectivity index (χ3n) is 1.82. The van der Waals surface area contributed by atoms with Crippen LogP contribution in [0.4, 0.5) is 0 Å². The summed E-state index contributed by atoms with van der Waals surface area (Å²) in [6.45, 7) is 0.176. The molecule has 0 radical (unpaired) electrons. The van der Waals surface area contributed by atoms with Crippen molar-refractivity contribution in [2.45, 2.75) is 31.3 Å². The lowest BCUT2D eigenvalue weighted by atomic mass is 10.0. The predicted octanol–water partition coefficient (Wildman–Crippen LogP) is -3.91. The van der Waals surface area contributed by atoms with Gasteiger partial charge in [-0.2, -0.15) is 0 Å². The predicted molar refractivity (Wildman–Crippen MR) is 49.9 cm³/mol. The van der Waals surface area contributed by atoms with Gasteiger partial charge in [-0.3, -0.25) is 14.9 Å². The van der Waals surface area contributed by atoms with Gasteiger partial charge in [0.2, 0.25) is 5.91 Å². The fourth-order valence-electron chi connectivity index (χ4n) is 0.925. The molecule has 16 heavy (non-hydrogen) atoms. The van der Waals surface area contributed by atoms with E-state index in [4.69, 9.17) is 15.3 Å². The van der Waals surface area contributed by atoms with E-state index in [2.05, 4.69) is 0 Å². The highest BCUT2D eigenvalue weighted by Crippen LogP contribution is 2.05. The van der Waals surface area contributed by atoms with Crippen molar-refractivity contribution in [2.75, 3.05) is 6.61 Å². The van der Waals surface area contributed by atoms with Crippen molar-refractivity contribution in [2.24, 2.45) is 0 Å². The largest absolute Gasteiger partial charge is 0.394 e. The molecular weight excluding hydrogens is 222 g/mol. The molecule has 2 amide bonds. The number of hydrogen-bond donors (Lipinski definition) is 6. The zero-order valence-electron chi connectivity index (χ0n) is 8.57. The molecule has 0 rings (SSSR count). The van der Waals surface area contributed by atoms with Crippen LogP contribution in [0.1, 0.15) is 6.92 Å². The topological polar surface area (TPSA) is 147 Å². The fraction of sp³-hybridized carbons (Fsp3) is 0.750. The van der Waals surface area contributed by atoms with E-state index in [0.717, 1.165) is 6.92 Å². The van der Waals surface area contributed by atoms with Crippen LogP contribution in [-0.4, -0.2) is 68.4 Å². The first kappa shape index (κ1) is 14.9. The van der Waals surface area contributed by atoms with Gasteiger partial charge in [0.05, 0.1) is 6.61 Å². The molecule has 94 valence electrons. The van der Waals surface area contributed by atoms with Crippen LogP contribution in [0.25, 0.3) is 0 Å². The molecule has 4 atom stereocenters. The minimum atomic E-state index is -2.08. The van der Waals surface area contributed by atoms with E-state index < -0.39 is 42.8 Å². The summed E-state index contributed by atoms with van der Waals surface area (Å²) in [5.74, 6) is -1.95. The van der Waals surface area contributed by atoms with Gasteiger partial charge < -0.3 is 25.5 Å². The summed E-state index contributed by atoms with van der Waals surface area (Å²) >= 11 is 0.